The van der Waals surface area contributed by atoms with E-state index in [0.717, 1.165) is 24.1 Å². The number of nitrogens with one attached hydrogen (secondary N) is 2. The zero-order valence-electron chi connectivity index (χ0n) is 10.7. The van der Waals surface area contributed by atoms with Crippen LogP contribution in [0.5, 0.6) is 0 Å². The Balaban J connectivity index is 1.83. The van der Waals surface area contributed by atoms with Crippen LogP contribution in [0.3, 0.4) is 0 Å². The quantitative estimate of drug-likeness (QED) is 0.705. The molecule has 1 saturated carbocycles. The number of anilines is 1. The fourth-order valence-corrected chi connectivity index (χ4v) is 1.74. The predicted octanol–water partition coefficient (Wildman–Crippen LogP) is 0.686. The van der Waals surface area contributed by atoms with Crippen molar-refractivity contribution >= 4 is 17.5 Å². The van der Waals surface area contributed by atoms with E-state index in [4.69, 9.17) is 5.11 Å². The van der Waals surface area contributed by atoms with Gasteiger partial charge in [-0.15, -0.1) is 0 Å². The third-order valence-corrected chi connectivity index (χ3v) is 2.97. The first-order valence-corrected chi connectivity index (χ1v) is 6.46. The Kier molecular flexibility index (Phi) is 4.52. The Hall–Kier alpha value is -1.88. The zero-order valence-corrected chi connectivity index (χ0v) is 10.7. The molecule has 19 heavy (non-hydrogen) atoms. The van der Waals surface area contributed by atoms with Gasteiger partial charge in [0.25, 0.3) is 0 Å². The smallest absolute Gasteiger partial charge is 0.227 e. The number of carbonyl (C=O) groups excluding carboxylic acids is 2. The summed E-state index contributed by atoms with van der Waals surface area (Å²) in [5.41, 5.74) is 1.64. The van der Waals surface area contributed by atoms with E-state index in [1.807, 2.05) is 12.1 Å². The number of aliphatic hydroxyl groups excluding tert-OH is 1. The van der Waals surface area contributed by atoms with Crippen molar-refractivity contribution < 1.29 is 14.7 Å². The normalized spacial score (nSPS) is 13.9. The van der Waals surface area contributed by atoms with Crippen LogP contribution in [0.4, 0.5) is 5.69 Å². The summed E-state index contributed by atoms with van der Waals surface area (Å²) in [5, 5.41) is 14.0. The molecule has 3 N–H and O–H groups in total. The second-order valence-electron chi connectivity index (χ2n) is 4.71. The maximum Gasteiger partial charge on any atom is 0.227 e. The van der Waals surface area contributed by atoms with Crippen molar-refractivity contribution in [3.05, 3.63) is 29.8 Å². The SMILES string of the molecule is O=C(Cc1ccc(NC(=O)C2CC2)cc1)NCCO. The molecule has 0 saturated heterocycles. The first-order valence-electron chi connectivity index (χ1n) is 6.46. The van der Waals surface area contributed by atoms with E-state index >= 15 is 0 Å². The van der Waals surface area contributed by atoms with E-state index in [2.05, 4.69) is 10.6 Å². The molecule has 1 aromatic rings. The van der Waals surface area contributed by atoms with Crippen molar-refractivity contribution in [2.45, 2.75) is 19.3 Å². The molecule has 1 aliphatic rings. The molecule has 0 aliphatic heterocycles. The van der Waals surface area contributed by atoms with Gasteiger partial charge < -0.3 is 15.7 Å². The summed E-state index contributed by atoms with van der Waals surface area (Å²) in [4.78, 5) is 23.0. The molecule has 5 heteroatoms. The maximum absolute atomic E-state index is 11.6. The average molecular weight is 262 g/mol. The van der Waals surface area contributed by atoms with Gasteiger partial charge in [0, 0.05) is 18.2 Å². The van der Waals surface area contributed by atoms with Crippen LogP contribution < -0.4 is 10.6 Å². The summed E-state index contributed by atoms with van der Waals surface area (Å²) >= 11 is 0. The molecule has 2 rings (SSSR count). The van der Waals surface area contributed by atoms with E-state index in [1.165, 1.54) is 0 Å². The lowest BCUT2D eigenvalue weighted by atomic mass is 10.1. The van der Waals surface area contributed by atoms with Gasteiger partial charge in [-0.3, -0.25) is 9.59 Å². The van der Waals surface area contributed by atoms with Crippen LogP contribution >= 0.6 is 0 Å². The van der Waals surface area contributed by atoms with Gasteiger partial charge in [0.2, 0.25) is 11.8 Å². The highest BCUT2D eigenvalue weighted by molar-refractivity contribution is 5.94. The van der Waals surface area contributed by atoms with Crippen LogP contribution in [-0.2, 0) is 16.0 Å². The van der Waals surface area contributed by atoms with Crippen LogP contribution in [-0.4, -0.2) is 30.1 Å². The Morgan fingerprint density at radius 1 is 1.21 bits per heavy atom. The van der Waals surface area contributed by atoms with Crippen molar-refractivity contribution in [2.24, 2.45) is 5.92 Å². The lowest BCUT2D eigenvalue weighted by Crippen LogP contribution is -2.27. The Labute approximate surface area is 112 Å². The third-order valence-electron chi connectivity index (χ3n) is 2.97. The average Bonchev–Trinajstić information content (AvgIpc) is 3.23. The van der Waals surface area contributed by atoms with Crippen LogP contribution in [0.25, 0.3) is 0 Å². The molecule has 0 spiro atoms. The zero-order chi connectivity index (χ0) is 13.7. The Bertz CT molecular complexity index is 452. The number of hydrogen-bond acceptors (Lipinski definition) is 3. The molecule has 0 aromatic heterocycles. The molecule has 0 atom stereocenters. The van der Waals surface area contributed by atoms with Crippen molar-refractivity contribution in [1.82, 2.24) is 5.32 Å². The Morgan fingerprint density at radius 3 is 2.47 bits per heavy atom. The van der Waals surface area contributed by atoms with Gasteiger partial charge in [-0.05, 0) is 30.5 Å². The van der Waals surface area contributed by atoms with Crippen molar-refractivity contribution in [3.8, 4) is 0 Å². The highest BCUT2D eigenvalue weighted by Crippen LogP contribution is 2.30. The molecule has 1 aromatic carbocycles. The van der Waals surface area contributed by atoms with Gasteiger partial charge in [-0.2, -0.15) is 0 Å². The first kappa shape index (κ1) is 13.5. The standard InChI is InChI=1S/C14H18N2O3/c17-8-7-15-13(18)9-10-1-5-12(6-2-10)16-14(19)11-3-4-11/h1-2,5-6,11,17H,3-4,7-9H2,(H,15,18)(H,16,19). The van der Waals surface area contributed by atoms with Gasteiger partial charge in [-0.1, -0.05) is 12.1 Å². The van der Waals surface area contributed by atoms with Gasteiger partial charge in [0.05, 0.1) is 13.0 Å². The number of aliphatic hydroxyl groups is 1. The van der Waals surface area contributed by atoms with Crippen LogP contribution in [0.15, 0.2) is 24.3 Å². The molecular formula is C14H18N2O3. The first-order chi connectivity index (χ1) is 9.19. The molecule has 2 amide bonds. The molecular weight excluding hydrogens is 244 g/mol. The van der Waals surface area contributed by atoms with E-state index in [-0.39, 0.29) is 37.3 Å². The van der Waals surface area contributed by atoms with Gasteiger partial charge >= 0.3 is 0 Å². The molecule has 1 fully saturated rings. The van der Waals surface area contributed by atoms with E-state index in [0.29, 0.717) is 0 Å². The monoisotopic (exact) mass is 262 g/mol. The maximum atomic E-state index is 11.6. The van der Waals surface area contributed by atoms with E-state index in [1.54, 1.807) is 12.1 Å². The fraction of sp³-hybridized carbons (Fsp3) is 0.429. The molecule has 0 radical (unpaired) electrons. The van der Waals surface area contributed by atoms with E-state index in [9.17, 15) is 9.59 Å². The highest BCUT2D eigenvalue weighted by atomic mass is 16.3. The summed E-state index contributed by atoms with van der Waals surface area (Å²) in [6.07, 6.45) is 2.24. The second kappa shape index (κ2) is 6.33. The summed E-state index contributed by atoms with van der Waals surface area (Å²) in [6.45, 7) is 0.215. The number of rotatable bonds is 6. The summed E-state index contributed by atoms with van der Waals surface area (Å²) in [6, 6.07) is 7.24. The molecule has 0 heterocycles. The second-order valence-corrected chi connectivity index (χ2v) is 4.71. The van der Waals surface area contributed by atoms with Crippen molar-refractivity contribution in [3.63, 3.8) is 0 Å². The minimum absolute atomic E-state index is 0.0577. The van der Waals surface area contributed by atoms with Crippen molar-refractivity contribution in [1.29, 1.82) is 0 Å². The minimum Gasteiger partial charge on any atom is -0.395 e. The summed E-state index contributed by atoms with van der Waals surface area (Å²) in [7, 11) is 0. The highest BCUT2D eigenvalue weighted by Gasteiger charge is 2.29. The van der Waals surface area contributed by atoms with Gasteiger partial charge in [0.15, 0.2) is 0 Å². The Morgan fingerprint density at radius 2 is 1.89 bits per heavy atom. The largest absolute Gasteiger partial charge is 0.395 e. The summed E-state index contributed by atoms with van der Waals surface area (Å²) in [5.74, 6) is 0.140. The molecule has 102 valence electrons. The van der Waals surface area contributed by atoms with Gasteiger partial charge in [-0.25, -0.2) is 0 Å². The lowest BCUT2D eigenvalue weighted by molar-refractivity contribution is -0.120. The van der Waals surface area contributed by atoms with Crippen LogP contribution in [0.1, 0.15) is 18.4 Å². The van der Waals surface area contributed by atoms with Crippen LogP contribution in [0, 0.1) is 5.92 Å². The van der Waals surface area contributed by atoms with Crippen molar-refractivity contribution in [2.75, 3.05) is 18.5 Å². The number of hydrogen-bond donors (Lipinski definition) is 3. The number of carbonyl (C=O) groups is 2. The predicted molar refractivity (Wildman–Crippen MR) is 71.6 cm³/mol. The fourth-order valence-electron chi connectivity index (χ4n) is 1.74. The van der Waals surface area contributed by atoms with Gasteiger partial charge in [0.1, 0.15) is 0 Å². The molecule has 0 bridgehead atoms. The van der Waals surface area contributed by atoms with E-state index < -0.39 is 0 Å². The summed E-state index contributed by atoms with van der Waals surface area (Å²) < 4.78 is 0. The lowest BCUT2D eigenvalue weighted by Gasteiger charge is -2.06. The molecule has 5 nitrogen and oxygen atoms in total. The number of amides is 2. The third kappa shape index (κ3) is 4.37. The molecule has 0 unspecified atom stereocenters. The molecule has 1 aliphatic carbocycles. The minimum atomic E-state index is -0.121. The number of benzene rings is 1. The van der Waals surface area contributed by atoms with Crippen LogP contribution in [0.2, 0.25) is 0 Å². The topological polar surface area (TPSA) is 78.4 Å².